The molecular weight excluding hydrogens is 232 g/mol. The number of hydrogen-bond acceptors (Lipinski definition) is 4. The van der Waals surface area contributed by atoms with Crippen molar-refractivity contribution in [2.24, 2.45) is 11.7 Å². The van der Waals surface area contributed by atoms with Crippen molar-refractivity contribution in [2.75, 3.05) is 20.1 Å². The van der Waals surface area contributed by atoms with Crippen molar-refractivity contribution in [2.45, 2.75) is 38.6 Å². The number of nitrogens with two attached hydrogens (primary N) is 1. The molecule has 0 bridgehead atoms. The fraction of sp³-hybridized carbons (Fsp3) is 0.833. The second kappa shape index (κ2) is 7.33. The van der Waals surface area contributed by atoms with Gasteiger partial charge in [-0.15, -0.1) is 0 Å². The van der Waals surface area contributed by atoms with E-state index in [9.17, 15) is 9.59 Å². The van der Waals surface area contributed by atoms with Crippen molar-refractivity contribution in [3.63, 3.8) is 0 Å². The van der Waals surface area contributed by atoms with E-state index in [1.54, 1.807) is 0 Å². The molecule has 104 valence electrons. The maximum atomic E-state index is 11.6. The number of carbonyl (C=O) groups is 2. The first kappa shape index (κ1) is 14.9. The fourth-order valence-corrected chi connectivity index (χ4v) is 2.58. The van der Waals surface area contributed by atoms with E-state index in [-0.39, 0.29) is 18.4 Å². The summed E-state index contributed by atoms with van der Waals surface area (Å²) in [6.45, 7) is 2.30. The van der Waals surface area contributed by atoms with E-state index in [4.69, 9.17) is 5.73 Å². The van der Waals surface area contributed by atoms with E-state index in [0.29, 0.717) is 18.5 Å². The lowest BCUT2D eigenvalue weighted by molar-refractivity contribution is -0.128. The quantitative estimate of drug-likeness (QED) is 0.597. The Morgan fingerprint density at radius 2 is 1.94 bits per heavy atom. The third kappa shape index (κ3) is 4.62. The van der Waals surface area contributed by atoms with Crippen LogP contribution in [0.25, 0.3) is 0 Å². The van der Waals surface area contributed by atoms with Crippen molar-refractivity contribution in [3.05, 3.63) is 0 Å². The highest BCUT2D eigenvalue weighted by molar-refractivity contribution is 5.81. The number of nitrogens with zero attached hydrogens (tertiary/aromatic N) is 1. The maximum Gasteiger partial charge on any atom is 0.252 e. The van der Waals surface area contributed by atoms with Crippen LogP contribution in [-0.2, 0) is 9.59 Å². The SMILES string of the molecule is CC(=O)NNC(=O)CN(C)C1CCCCC1CN. The van der Waals surface area contributed by atoms with Crippen molar-refractivity contribution in [3.8, 4) is 0 Å². The molecule has 2 amide bonds. The molecule has 6 nitrogen and oxygen atoms in total. The number of carbonyl (C=O) groups excluding carboxylic acids is 2. The molecule has 0 aliphatic heterocycles. The number of amides is 2. The molecule has 0 spiro atoms. The van der Waals surface area contributed by atoms with E-state index >= 15 is 0 Å². The van der Waals surface area contributed by atoms with Crippen LogP contribution in [0.2, 0.25) is 0 Å². The molecule has 2 unspecified atom stereocenters. The Balaban J connectivity index is 2.40. The minimum absolute atomic E-state index is 0.200. The Bertz CT molecular complexity index is 296. The van der Waals surface area contributed by atoms with Gasteiger partial charge in [-0.1, -0.05) is 12.8 Å². The first-order chi connectivity index (χ1) is 8.54. The van der Waals surface area contributed by atoms with Crippen LogP contribution in [0.5, 0.6) is 0 Å². The number of rotatable bonds is 4. The molecule has 0 radical (unpaired) electrons. The summed E-state index contributed by atoms with van der Waals surface area (Å²) < 4.78 is 0. The van der Waals surface area contributed by atoms with Crippen LogP contribution < -0.4 is 16.6 Å². The first-order valence-corrected chi connectivity index (χ1v) is 6.50. The van der Waals surface area contributed by atoms with Crippen molar-refractivity contribution >= 4 is 11.8 Å². The van der Waals surface area contributed by atoms with Gasteiger partial charge in [0, 0.05) is 13.0 Å². The standard InChI is InChI=1S/C12H24N4O2/c1-9(17)14-15-12(18)8-16(2)11-6-4-3-5-10(11)7-13/h10-11H,3-8,13H2,1-2H3,(H,14,17)(H,15,18). The van der Waals surface area contributed by atoms with Gasteiger partial charge in [-0.3, -0.25) is 25.3 Å². The van der Waals surface area contributed by atoms with Gasteiger partial charge < -0.3 is 5.73 Å². The molecule has 0 saturated heterocycles. The van der Waals surface area contributed by atoms with Crippen LogP contribution in [0.1, 0.15) is 32.6 Å². The largest absolute Gasteiger partial charge is 0.330 e. The Morgan fingerprint density at radius 3 is 2.56 bits per heavy atom. The Hall–Kier alpha value is -1.14. The van der Waals surface area contributed by atoms with Crippen molar-refractivity contribution in [1.82, 2.24) is 15.8 Å². The molecular formula is C12H24N4O2. The highest BCUT2D eigenvalue weighted by Crippen LogP contribution is 2.26. The lowest BCUT2D eigenvalue weighted by Crippen LogP contribution is -2.50. The summed E-state index contributed by atoms with van der Waals surface area (Å²) in [6.07, 6.45) is 4.65. The summed E-state index contributed by atoms with van der Waals surface area (Å²) in [5.41, 5.74) is 10.4. The molecule has 1 aliphatic carbocycles. The summed E-state index contributed by atoms with van der Waals surface area (Å²) in [6, 6.07) is 0.367. The molecule has 4 N–H and O–H groups in total. The molecule has 18 heavy (non-hydrogen) atoms. The van der Waals surface area contributed by atoms with E-state index in [2.05, 4.69) is 10.9 Å². The molecule has 1 rings (SSSR count). The zero-order chi connectivity index (χ0) is 13.5. The van der Waals surface area contributed by atoms with Crippen LogP contribution in [0.15, 0.2) is 0 Å². The van der Waals surface area contributed by atoms with Gasteiger partial charge in [0.05, 0.1) is 6.54 Å². The second-order valence-electron chi connectivity index (χ2n) is 4.99. The molecule has 6 heteroatoms. The van der Waals surface area contributed by atoms with Gasteiger partial charge in [0.15, 0.2) is 0 Å². The van der Waals surface area contributed by atoms with E-state index in [1.165, 1.54) is 19.8 Å². The lowest BCUT2D eigenvalue weighted by atomic mass is 9.84. The number of hydrogen-bond donors (Lipinski definition) is 3. The average Bonchev–Trinajstić information content (AvgIpc) is 2.36. The van der Waals surface area contributed by atoms with E-state index < -0.39 is 0 Å². The summed E-state index contributed by atoms with van der Waals surface area (Å²) in [7, 11) is 1.94. The Labute approximate surface area is 108 Å². The highest BCUT2D eigenvalue weighted by Gasteiger charge is 2.28. The molecule has 0 aromatic rings. The zero-order valence-corrected chi connectivity index (χ0v) is 11.2. The van der Waals surface area contributed by atoms with Gasteiger partial charge >= 0.3 is 0 Å². The monoisotopic (exact) mass is 256 g/mol. The molecule has 0 aromatic carbocycles. The van der Waals surface area contributed by atoms with E-state index in [0.717, 1.165) is 12.8 Å². The van der Waals surface area contributed by atoms with Gasteiger partial charge in [0.2, 0.25) is 5.91 Å². The predicted molar refractivity (Wildman–Crippen MR) is 69.4 cm³/mol. The third-order valence-corrected chi connectivity index (χ3v) is 3.51. The third-order valence-electron chi connectivity index (χ3n) is 3.51. The predicted octanol–water partition coefficient (Wildman–Crippen LogP) is -0.397. The topological polar surface area (TPSA) is 87.5 Å². The molecule has 2 atom stereocenters. The highest BCUT2D eigenvalue weighted by atomic mass is 16.2. The van der Waals surface area contributed by atoms with Crippen LogP contribution in [0.3, 0.4) is 0 Å². The fourth-order valence-electron chi connectivity index (χ4n) is 2.58. The number of likely N-dealkylation sites (N-methyl/N-ethyl adjacent to an activating group) is 1. The van der Waals surface area contributed by atoms with Gasteiger partial charge in [0.25, 0.3) is 5.91 Å². The summed E-state index contributed by atoms with van der Waals surface area (Å²) >= 11 is 0. The van der Waals surface area contributed by atoms with Crippen LogP contribution >= 0.6 is 0 Å². The van der Waals surface area contributed by atoms with Gasteiger partial charge in [-0.2, -0.15) is 0 Å². The molecule has 1 aliphatic rings. The molecule has 1 saturated carbocycles. The van der Waals surface area contributed by atoms with Gasteiger partial charge in [-0.25, -0.2) is 0 Å². The molecule has 1 fully saturated rings. The second-order valence-corrected chi connectivity index (χ2v) is 4.99. The summed E-state index contributed by atoms with van der Waals surface area (Å²) in [5, 5.41) is 0. The number of nitrogens with one attached hydrogen (secondary N) is 2. The van der Waals surface area contributed by atoms with Crippen LogP contribution in [-0.4, -0.2) is 42.9 Å². The maximum absolute atomic E-state index is 11.6. The number of hydrazine groups is 1. The normalized spacial score (nSPS) is 23.8. The molecule has 0 aromatic heterocycles. The van der Waals surface area contributed by atoms with Crippen molar-refractivity contribution in [1.29, 1.82) is 0 Å². The lowest BCUT2D eigenvalue weighted by Gasteiger charge is -2.37. The first-order valence-electron chi connectivity index (χ1n) is 6.50. The van der Waals surface area contributed by atoms with E-state index in [1.807, 2.05) is 11.9 Å². The summed E-state index contributed by atoms with van der Waals surface area (Å²) in [5.74, 6) is -0.00475. The molecule has 0 heterocycles. The smallest absolute Gasteiger partial charge is 0.252 e. The van der Waals surface area contributed by atoms with Crippen molar-refractivity contribution < 1.29 is 9.59 Å². The minimum Gasteiger partial charge on any atom is -0.330 e. The van der Waals surface area contributed by atoms with Gasteiger partial charge in [-0.05, 0) is 32.4 Å². The Morgan fingerprint density at radius 1 is 1.28 bits per heavy atom. The Kier molecular flexibility index (Phi) is 6.07. The minimum atomic E-state index is -0.275. The zero-order valence-electron chi connectivity index (χ0n) is 11.2. The van der Waals surface area contributed by atoms with Crippen LogP contribution in [0.4, 0.5) is 0 Å². The summed E-state index contributed by atoms with van der Waals surface area (Å²) in [4.78, 5) is 24.3. The van der Waals surface area contributed by atoms with Gasteiger partial charge in [0.1, 0.15) is 0 Å². The average molecular weight is 256 g/mol. The van der Waals surface area contributed by atoms with Crippen LogP contribution in [0, 0.1) is 5.92 Å².